The Balaban J connectivity index is 2.37. The number of ketones is 1. The van der Waals surface area contributed by atoms with Crippen molar-refractivity contribution in [3.63, 3.8) is 0 Å². The fourth-order valence-corrected chi connectivity index (χ4v) is 2.11. The molecule has 0 aliphatic rings. The number of nitrogens with zero attached hydrogens (tertiary/aromatic N) is 1. The van der Waals surface area contributed by atoms with Crippen LogP contribution in [0.5, 0.6) is 11.6 Å². The van der Waals surface area contributed by atoms with Crippen LogP contribution in [0.15, 0.2) is 41.0 Å². The number of hydrogen-bond donors (Lipinski definition) is 0. The highest BCUT2D eigenvalue weighted by Crippen LogP contribution is 2.32. The van der Waals surface area contributed by atoms with E-state index in [2.05, 4.69) is 20.9 Å². The summed E-state index contributed by atoms with van der Waals surface area (Å²) in [6, 6.07) is 8.58. The molecule has 18 heavy (non-hydrogen) atoms. The first-order valence-corrected chi connectivity index (χ1v) is 6.34. The van der Waals surface area contributed by atoms with Crippen molar-refractivity contribution in [1.29, 1.82) is 0 Å². The highest BCUT2D eigenvalue weighted by molar-refractivity contribution is 9.10. The second-order valence-electron chi connectivity index (χ2n) is 3.59. The van der Waals surface area contributed by atoms with Crippen LogP contribution in [0, 0.1) is 0 Å². The molecule has 0 aliphatic heterocycles. The minimum atomic E-state index is -0.105. The molecule has 1 heterocycles. The third-order valence-corrected chi connectivity index (χ3v) is 3.04. The second-order valence-corrected chi connectivity index (χ2v) is 4.91. The molecule has 0 amide bonds. The molecule has 0 fully saturated rings. The molecule has 0 atom stereocenters. The number of hydrogen-bond acceptors (Lipinski definition) is 3. The number of carbonyl (C=O) groups excluding carboxylic acids is 1. The van der Waals surface area contributed by atoms with E-state index in [1.165, 1.54) is 6.92 Å². The first kappa shape index (κ1) is 13.1. The van der Waals surface area contributed by atoms with Crippen molar-refractivity contribution in [3.8, 4) is 11.6 Å². The lowest BCUT2D eigenvalue weighted by molar-refractivity contribution is 0.101. The topological polar surface area (TPSA) is 39.2 Å². The number of rotatable bonds is 3. The maximum Gasteiger partial charge on any atom is 0.230 e. The van der Waals surface area contributed by atoms with Gasteiger partial charge in [0.05, 0.1) is 10.6 Å². The van der Waals surface area contributed by atoms with Crippen molar-refractivity contribution in [2.75, 3.05) is 0 Å². The number of ether oxygens (including phenoxy) is 1. The molecular weight excluding hydrogens is 318 g/mol. The third kappa shape index (κ3) is 2.89. The molecule has 0 saturated heterocycles. The SMILES string of the molecule is CC(=O)c1cccnc1Oc1ccc(Br)cc1Cl. The molecule has 1 aromatic heterocycles. The van der Waals surface area contributed by atoms with Gasteiger partial charge in [-0.3, -0.25) is 4.79 Å². The lowest BCUT2D eigenvalue weighted by Crippen LogP contribution is -1.99. The average molecular weight is 327 g/mol. The Hall–Kier alpha value is -1.39. The fourth-order valence-electron chi connectivity index (χ4n) is 1.40. The zero-order chi connectivity index (χ0) is 13.1. The van der Waals surface area contributed by atoms with Crippen LogP contribution >= 0.6 is 27.5 Å². The summed E-state index contributed by atoms with van der Waals surface area (Å²) in [4.78, 5) is 15.5. The number of carbonyl (C=O) groups is 1. The van der Waals surface area contributed by atoms with Crippen LogP contribution in [-0.4, -0.2) is 10.8 Å². The largest absolute Gasteiger partial charge is 0.437 e. The quantitative estimate of drug-likeness (QED) is 0.780. The first-order chi connectivity index (χ1) is 8.58. The highest BCUT2D eigenvalue weighted by atomic mass is 79.9. The molecule has 2 aromatic rings. The summed E-state index contributed by atoms with van der Waals surface area (Å²) < 4.78 is 6.43. The van der Waals surface area contributed by atoms with Crippen molar-refractivity contribution in [2.24, 2.45) is 0 Å². The van der Waals surface area contributed by atoms with E-state index in [1.54, 1.807) is 36.5 Å². The maximum absolute atomic E-state index is 11.4. The summed E-state index contributed by atoms with van der Waals surface area (Å²) in [7, 11) is 0. The van der Waals surface area contributed by atoms with Gasteiger partial charge in [0.2, 0.25) is 5.88 Å². The Bertz CT molecular complexity index is 601. The van der Waals surface area contributed by atoms with Gasteiger partial charge in [-0.25, -0.2) is 4.98 Å². The molecule has 2 rings (SSSR count). The van der Waals surface area contributed by atoms with E-state index in [1.807, 2.05) is 0 Å². The Kier molecular flexibility index (Phi) is 3.99. The van der Waals surface area contributed by atoms with E-state index < -0.39 is 0 Å². The first-order valence-electron chi connectivity index (χ1n) is 5.17. The standard InChI is InChI=1S/C13H9BrClNO2/c1-8(17)10-3-2-6-16-13(10)18-12-5-4-9(14)7-11(12)15/h2-7H,1H3. The lowest BCUT2D eigenvalue weighted by atomic mass is 10.2. The molecule has 0 bridgehead atoms. The van der Waals surface area contributed by atoms with Crippen molar-refractivity contribution in [1.82, 2.24) is 4.98 Å². The maximum atomic E-state index is 11.4. The summed E-state index contributed by atoms with van der Waals surface area (Å²) >= 11 is 9.35. The average Bonchev–Trinajstić information content (AvgIpc) is 2.33. The van der Waals surface area contributed by atoms with Crippen molar-refractivity contribution in [3.05, 3.63) is 51.6 Å². The summed E-state index contributed by atoms with van der Waals surface area (Å²) in [6.45, 7) is 1.47. The molecule has 3 nitrogen and oxygen atoms in total. The molecule has 0 unspecified atom stereocenters. The van der Waals surface area contributed by atoms with Gasteiger partial charge in [-0.1, -0.05) is 27.5 Å². The summed E-state index contributed by atoms with van der Waals surface area (Å²) in [5.41, 5.74) is 0.427. The predicted molar refractivity (Wildman–Crippen MR) is 73.5 cm³/mol. The van der Waals surface area contributed by atoms with E-state index in [4.69, 9.17) is 16.3 Å². The van der Waals surface area contributed by atoms with Gasteiger partial charge in [-0.05, 0) is 37.3 Å². The Morgan fingerprint density at radius 1 is 1.39 bits per heavy atom. The molecule has 0 spiro atoms. The minimum Gasteiger partial charge on any atom is -0.437 e. The van der Waals surface area contributed by atoms with Crippen LogP contribution in [0.4, 0.5) is 0 Å². The molecule has 92 valence electrons. The molecule has 5 heteroatoms. The van der Waals surface area contributed by atoms with Gasteiger partial charge >= 0.3 is 0 Å². The normalized spacial score (nSPS) is 10.2. The molecule has 0 saturated carbocycles. The van der Waals surface area contributed by atoms with Gasteiger partial charge in [0.25, 0.3) is 0 Å². The molecule has 1 aromatic carbocycles. The zero-order valence-electron chi connectivity index (χ0n) is 9.48. The van der Waals surface area contributed by atoms with Crippen LogP contribution in [0.3, 0.4) is 0 Å². The van der Waals surface area contributed by atoms with Crippen LogP contribution in [0.1, 0.15) is 17.3 Å². The second kappa shape index (κ2) is 5.50. The van der Waals surface area contributed by atoms with Gasteiger partial charge in [0.15, 0.2) is 5.78 Å². The lowest BCUT2D eigenvalue weighted by Gasteiger charge is -2.09. The number of pyridine rings is 1. The Morgan fingerprint density at radius 3 is 2.83 bits per heavy atom. The number of Topliss-reactive ketones (excluding diaryl/α,β-unsaturated/α-hetero) is 1. The van der Waals surface area contributed by atoms with E-state index in [9.17, 15) is 4.79 Å². The molecular formula is C13H9BrClNO2. The number of halogens is 2. The minimum absolute atomic E-state index is 0.105. The van der Waals surface area contributed by atoms with Gasteiger partial charge in [0.1, 0.15) is 5.75 Å². The predicted octanol–water partition coefficient (Wildman–Crippen LogP) is 4.49. The van der Waals surface area contributed by atoms with Crippen molar-refractivity contribution in [2.45, 2.75) is 6.92 Å². The smallest absolute Gasteiger partial charge is 0.230 e. The van der Waals surface area contributed by atoms with Crippen LogP contribution in [0.25, 0.3) is 0 Å². The molecule has 0 N–H and O–H groups in total. The van der Waals surface area contributed by atoms with E-state index >= 15 is 0 Å². The fraction of sp³-hybridized carbons (Fsp3) is 0.0769. The zero-order valence-corrected chi connectivity index (χ0v) is 11.8. The Morgan fingerprint density at radius 2 is 2.17 bits per heavy atom. The number of benzene rings is 1. The summed E-state index contributed by atoms with van der Waals surface area (Å²) in [6.07, 6.45) is 1.56. The van der Waals surface area contributed by atoms with Crippen LogP contribution in [-0.2, 0) is 0 Å². The van der Waals surface area contributed by atoms with E-state index in [0.29, 0.717) is 16.3 Å². The Labute approximate surface area is 118 Å². The van der Waals surface area contributed by atoms with E-state index in [0.717, 1.165) is 4.47 Å². The summed E-state index contributed by atoms with van der Waals surface area (Å²) in [5.74, 6) is 0.613. The summed E-state index contributed by atoms with van der Waals surface area (Å²) in [5, 5.41) is 0.449. The molecule has 0 radical (unpaired) electrons. The third-order valence-electron chi connectivity index (χ3n) is 2.25. The van der Waals surface area contributed by atoms with Crippen molar-refractivity contribution >= 4 is 33.3 Å². The van der Waals surface area contributed by atoms with Gasteiger partial charge in [0, 0.05) is 10.7 Å². The van der Waals surface area contributed by atoms with E-state index in [-0.39, 0.29) is 11.7 Å². The highest BCUT2D eigenvalue weighted by Gasteiger charge is 2.11. The van der Waals surface area contributed by atoms with Gasteiger partial charge in [-0.2, -0.15) is 0 Å². The van der Waals surface area contributed by atoms with Crippen LogP contribution < -0.4 is 4.74 Å². The van der Waals surface area contributed by atoms with Gasteiger partial charge < -0.3 is 4.74 Å². The van der Waals surface area contributed by atoms with Gasteiger partial charge in [-0.15, -0.1) is 0 Å². The number of aromatic nitrogens is 1. The van der Waals surface area contributed by atoms with Crippen LogP contribution in [0.2, 0.25) is 5.02 Å². The monoisotopic (exact) mass is 325 g/mol. The van der Waals surface area contributed by atoms with Crippen molar-refractivity contribution < 1.29 is 9.53 Å². The molecule has 0 aliphatic carbocycles.